The van der Waals surface area contributed by atoms with E-state index in [2.05, 4.69) is 15.3 Å². The van der Waals surface area contributed by atoms with E-state index < -0.39 is 4.92 Å². The lowest BCUT2D eigenvalue weighted by Crippen LogP contribution is -2.12. The molecule has 0 saturated heterocycles. The van der Waals surface area contributed by atoms with Crippen molar-refractivity contribution < 1.29 is 9.66 Å². The van der Waals surface area contributed by atoms with Crippen molar-refractivity contribution in [1.82, 2.24) is 9.97 Å². The number of hydrogen-bond acceptors (Lipinski definition) is 7. The number of non-ortho nitro benzene ring substituents is 1. The van der Waals surface area contributed by atoms with Gasteiger partial charge in [0.15, 0.2) is 5.13 Å². The molecule has 1 saturated carbocycles. The number of nitro benzene ring substituents is 1. The highest BCUT2D eigenvalue weighted by atomic mass is 32.1. The third-order valence-electron chi connectivity index (χ3n) is 4.42. The molecule has 3 aromatic rings. The summed E-state index contributed by atoms with van der Waals surface area (Å²) in [6.07, 6.45) is 6.68. The number of anilines is 1. The third-order valence-corrected chi connectivity index (χ3v) is 5.39. The number of pyridine rings is 1. The zero-order valence-corrected chi connectivity index (χ0v) is 14.9. The van der Waals surface area contributed by atoms with Gasteiger partial charge in [-0.15, -0.1) is 0 Å². The van der Waals surface area contributed by atoms with Crippen LogP contribution in [0.4, 0.5) is 10.8 Å². The molecule has 0 amide bonds. The molecule has 0 radical (unpaired) electrons. The fourth-order valence-electron chi connectivity index (χ4n) is 3.08. The summed E-state index contributed by atoms with van der Waals surface area (Å²) in [5.41, 5.74) is 1.89. The molecule has 1 aliphatic carbocycles. The van der Waals surface area contributed by atoms with Crippen molar-refractivity contribution in [3.8, 4) is 5.88 Å². The SMILES string of the molecule is O=[N+]([O-])c1ccc2nc(NCc3ccnc(OC4CCCC4)c3)sc2c1. The minimum absolute atomic E-state index is 0.0792. The number of thiazole rings is 1. The summed E-state index contributed by atoms with van der Waals surface area (Å²) in [4.78, 5) is 19.2. The van der Waals surface area contributed by atoms with Crippen molar-refractivity contribution in [2.75, 3.05) is 5.32 Å². The minimum Gasteiger partial charge on any atom is -0.474 e. The Hall–Kier alpha value is -2.74. The lowest BCUT2D eigenvalue weighted by atomic mass is 10.2. The normalized spacial score (nSPS) is 14.6. The van der Waals surface area contributed by atoms with Crippen molar-refractivity contribution >= 4 is 32.4 Å². The molecule has 134 valence electrons. The molecule has 1 aromatic carbocycles. The Labute approximate surface area is 154 Å². The van der Waals surface area contributed by atoms with Crippen LogP contribution in [0.5, 0.6) is 5.88 Å². The van der Waals surface area contributed by atoms with Crippen LogP contribution in [0, 0.1) is 10.1 Å². The summed E-state index contributed by atoms with van der Waals surface area (Å²) < 4.78 is 6.73. The largest absolute Gasteiger partial charge is 0.474 e. The Morgan fingerprint density at radius 2 is 2.12 bits per heavy atom. The highest BCUT2D eigenvalue weighted by molar-refractivity contribution is 7.22. The monoisotopic (exact) mass is 370 g/mol. The lowest BCUT2D eigenvalue weighted by molar-refractivity contribution is -0.384. The molecular formula is C18H18N4O3S. The number of ether oxygens (including phenoxy) is 1. The Kier molecular flexibility index (Phi) is 4.66. The van der Waals surface area contributed by atoms with Crippen LogP contribution in [0.1, 0.15) is 31.2 Å². The quantitative estimate of drug-likeness (QED) is 0.506. The van der Waals surface area contributed by atoms with Crippen molar-refractivity contribution in [2.45, 2.75) is 38.3 Å². The van der Waals surface area contributed by atoms with Crippen molar-refractivity contribution in [3.63, 3.8) is 0 Å². The van der Waals surface area contributed by atoms with Crippen molar-refractivity contribution in [3.05, 3.63) is 52.2 Å². The smallest absolute Gasteiger partial charge is 0.270 e. The molecule has 0 bridgehead atoms. The third kappa shape index (κ3) is 3.75. The molecule has 0 unspecified atom stereocenters. The zero-order chi connectivity index (χ0) is 17.9. The second-order valence-electron chi connectivity index (χ2n) is 6.31. The van der Waals surface area contributed by atoms with Gasteiger partial charge in [-0.2, -0.15) is 0 Å². The summed E-state index contributed by atoms with van der Waals surface area (Å²) in [7, 11) is 0. The zero-order valence-electron chi connectivity index (χ0n) is 14.1. The van der Waals surface area contributed by atoms with Gasteiger partial charge in [-0.1, -0.05) is 11.3 Å². The molecule has 2 aromatic heterocycles. The average molecular weight is 370 g/mol. The first-order valence-electron chi connectivity index (χ1n) is 8.58. The fourth-order valence-corrected chi connectivity index (χ4v) is 3.98. The molecule has 7 nitrogen and oxygen atoms in total. The van der Waals surface area contributed by atoms with Gasteiger partial charge in [-0.05, 0) is 43.4 Å². The van der Waals surface area contributed by atoms with Crippen molar-refractivity contribution in [2.24, 2.45) is 0 Å². The van der Waals surface area contributed by atoms with Gasteiger partial charge in [0.05, 0.1) is 15.1 Å². The van der Waals surface area contributed by atoms with E-state index in [0.717, 1.165) is 33.8 Å². The van der Waals surface area contributed by atoms with Crippen LogP contribution >= 0.6 is 11.3 Å². The van der Waals surface area contributed by atoms with Crippen LogP contribution in [-0.2, 0) is 6.54 Å². The number of benzene rings is 1. The maximum Gasteiger partial charge on any atom is 0.270 e. The fraction of sp³-hybridized carbons (Fsp3) is 0.333. The van der Waals surface area contributed by atoms with E-state index in [9.17, 15) is 10.1 Å². The number of fused-ring (bicyclic) bond motifs is 1. The van der Waals surface area contributed by atoms with Crippen LogP contribution in [0.25, 0.3) is 10.2 Å². The van der Waals surface area contributed by atoms with E-state index in [4.69, 9.17) is 4.74 Å². The highest BCUT2D eigenvalue weighted by Gasteiger charge is 2.17. The number of nitrogens with zero attached hydrogens (tertiary/aromatic N) is 3. The standard InChI is InChI=1S/C18H18N4O3S/c23-22(24)13-5-6-15-16(10-13)26-18(21-15)20-11-12-7-8-19-17(9-12)25-14-3-1-2-4-14/h5-10,14H,1-4,11H2,(H,20,21). The van der Waals surface area contributed by atoms with Crippen LogP contribution in [0.3, 0.4) is 0 Å². The predicted molar refractivity (Wildman–Crippen MR) is 101 cm³/mol. The Morgan fingerprint density at radius 3 is 2.92 bits per heavy atom. The number of hydrogen-bond donors (Lipinski definition) is 1. The van der Waals surface area contributed by atoms with Crippen molar-refractivity contribution in [1.29, 1.82) is 0 Å². The Bertz CT molecular complexity index is 937. The van der Waals surface area contributed by atoms with E-state index in [1.165, 1.54) is 30.2 Å². The molecule has 26 heavy (non-hydrogen) atoms. The molecule has 1 fully saturated rings. The molecule has 2 heterocycles. The van der Waals surface area contributed by atoms with Gasteiger partial charge in [-0.3, -0.25) is 10.1 Å². The molecule has 4 rings (SSSR count). The maximum absolute atomic E-state index is 10.9. The Balaban J connectivity index is 1.43. The van der Waals surface area contributed by atoms with Crippen LogP contribution < -0.4 is 10.1 Å². The first-order valence-corrected chi connectivity index (χ1v) is 9.39. The van der Waals surface area contributed by atoms with Gasteiger partial charge in [0, 0.05) is 30.9 Å². The van der Waals surface area contributed by atoms with Gasteiger partial charge < -0.3 is 10.1 Å². The van der Waals surface area contributed by atoms with E-state index in [-0.39, 0.29) is 11.8 Å². The van der Waals surface area contributed by atoms with Gasteiger partial charge in [0.25, 0.3) is 5.69 Å². The summed E-state index contributed by atoms with van der Waals surface area (Å²) in [5, 5.41) is 14.9. The van der Waals surface area contributed by atoms with E-state index in [1.54, 1.807) is 18.3 Å². The van der Waals surface area contributed by atoms with E-state index in [0.29, 0.717) is 12.4 Å². The van der Waals surface area contributed by atoms with Crippen LogP contribution in [-0.4, -0.2) is 21.0 Å². The summed E-state index contributed by atoms with van der Waals surface area (Å²) in [6.45, 7) is 0.589. The van der Waals surface area contributed by atoms with Crippen LogP contribution in [0.2, 0.25) is 0 Å². The topological polar surface area (TPSA) is 90.2 Å². The highest BCUT2D eigenvalue weighted by Crippen LogP contribution is 2.29. The number of aromatic nitrogens is 2. The molecule has 0 spiro atoms. The minimum atomic E-state index is -0.394. The second-order valence-corrected chi connectivity index (χ2v) is 7.34. The van der Waals surface area contributed by atoms with Gasteiger partial charge in [0.2, 0.25) is 5.88 Å². The number of nitro groups is 1. The summed E-state index contributed by atoms with van der Waals surface area (Å²) in [6, 6.07) is 8.59. The molecule has 0 atom stereocenters. The first-order chi connectivity index (χ1) is 12.7. The van der Waals surface area contributed by atoms with E-state index >= 15 is 0 Å². The number of nitrogens with one attached hydrogen (secondary N) is 1. The molecular weight excluding hydrogens is 352 g/mol. The van der Waals surface area contributed by atoms with Gasteiger partial charge in [0.1, 0.15) is 6.10 Å². The molecule has 0 aliphatic heterocycles. The molecule has 1 aliphatic rings. The van der Waals surface area contributed by atoms with Gasteiger partial charge in [-0.25, -0.2) is 9.97 Å². The maximum atomic E-state index is 10.9. The summed E-state index contributed by atoms with van der Waals surface area (Å²) in [5.74, 6) is 0.663. The molecule has 1 N–H and O–H groups in total. The Morgan fingerprint density at radius 1 is 1.27 bits per heavy atom. The lowest BCUT2D eigenvalue weighted by Gasteiger charge is -2.12. The van der Waals surface area contributed by atoms with Gasteiger partial charge >= 0.3 is 0 Å². The number of rotatable bonds is 6. The predicted octanol–water partition coefficient (Wildman–Crippen LogP) is 4.53. The van der Waals surface area contributed by atoms with E-state index in [1.807, 2.05) is 12.1 Å². The second kappa shape index (κ2) is 7.25. The van der Waals surface area contributed by atoms with Crippen LogP contribution in [0.15, 0.2) is 36.5 Å². The average Bonchev–Trinajstić information content (AvgIpc) is 3.28. The first kappa shape index (κ1) is 16.7. The molecule has 8 heteroatoms. The summed E-state index contributed by atoms with van der Waals surface area (Å²) >= 11 is 1.40.